The van der Waals surface area contributed by atoms with Gasteiger partial charge < -0.3 is 0 Å². The Morgan fingerprint density at radius 3 is 1.04 bits per heavy atom. The van der Waals surface area contributed by atoms with E-state index in [-0.39, 0.29) is 0 Å². The summed E-state index contributed by atoms with van der Waals surface area (Å²) in [6.45, 7) is 0. The van der Waals surface area contributed by atoms with Crippen molar-refractivity contribution in [2.45, 2.75) is 0 Å². The van der Waals surface area contributed by atoms with Crippen molar-refractivity contribution in [3.63, 3.8) is 0 Å². The Balaban J connectivity index is 1.22. The zero-order valence-electron chi connectivity index (χ0n) is 30.8. The topological polar surface area (TPSA) is 61.4 Å². The number of nitrogens with zero attached hydrogens (tertiary/aromatic N) is 6. The zero-order valence-corrected chi connectivity index (χ0v) is 32.9. The van der Waals surface area contributed by atoms with Gasteiger partial charge in [-0.15, -0.1) is 0 Å². The molecule has 0 saturated heterocycles. The Bertz CT molecular complexity index is 2910. The van der Waals surface area contributed by atoms with Crippen molar-refractivity contribution in [2.75, 3.05) is 0 Å². The van der Waals surface area contributed by atoms with E-state index in [9.17, 15) is 0 Å². The molecule has 0 aliphatic rings. The molecule has 268 valence electrons. The number of aromatic nitrogens is 6. The molecule has 0 fully saturated rings. The maximum atomic E-state index is 5.65. The summed E-state index contributed by atoms with van der Waals surface area (Å²) in [4.78, 5) is 21.7. The molecule has 0 amide bonds. The molecule has 0 radical (unpaired) electrons. The first-order valence-electron chi connectivity index (χ1n) is 19.2. The Hall–Kier alpha value is -7.16. The van der Waals surface area contributed by atoms with Gasteiger partial charge in [-0.05, 0) is 0 Å². The second kappa shape index (κ2) is 13.5. The normalized spacial score (nSPS) is 11.9. The van der Waals surface area contributed by atoms with Crippen LogP contribution < -0.4 is 17.7 Å². The molecular weight excluding hydrogens is 757 g/mol. The molecule has 0 aliphatic carbocycles. The van der Waals surface area contributed by atoms with E-state index >= 15 is 0 Å². The fourth-order valence-corrected chi connectivity index (χ4v) is 18.4. The van der Waals surface area contributed by atoms with E-state index < -0.39 is 13.3 Å². The molecule has 0 atom stereocenters. The third-order valence-corrected chi connectivity index (χ3v) is 20.9. The Morgan fingerprint density at radius 1 is 0.298 bits per heavy atom. The summed E-state index contributed by atoms with van der Waals surface area (Å²) in [6.07, 6.45) is 0. The summed E-state index contributed by atoms with van der Waals surface area (Å²) in [6, 6.07) is 73.0. The third kappa shape index (κ3) is 5.25. The molecule has 11 aromatic rings. The molecule has 57 heavy (non-hydrogen) atoms. The predicted octanol–water partition coefficient (Wildman–Crippen LogP) is 8.51. The summed E-state index contributed by atoms with van der Waals surface area (Å²) in [5, 5.41) is 4.56. The molecule has 0 bridgehead atoms. The van der Waals surface area contributed by atoms with Crippen molar-refractivity contribution < 1.29 is 0 Å². The quantitative estimate of drug-likeness (QED) is 0.152. The zero-order chi connectivity index (χ0) is 37.8. The van der Waals surface area contributed by atoms with Gasteiger partial charge in [0.2, 0.25) is 0 Å². The van der Waals surface area contributed by atoms with Gasteiger partial charge in [-0.1, -0.05) is 0 Å². The van der Waals surface area contributed by atoms with Crippen LogP contribution in [0, 0.1) is 0 Å². The van der Waals surface area contributed by atoms with Crippen molar-refractivity contribution >= 4 is 74.6 Å². The van der Waals surface area contributed by atoms with E-state index in [1.165, 1.54) is 13.2 Å². The van der Waals surface area contributed by atoms with Crippen LogP contribution in [0.15, 0.2) is 206 Å². The summed E-state index contributed by atoms with van der Waals surface area (Å²) >= 11 is -3.70. The molecule has 6 nitrogen and oxygen atoms in total. The summed E-state index contributed by atoms with van der Waals surface area (Å²) in [5.74, 6) is 1.57. The van der Waals surface area contributed by atoms with E-state index in [4.69, 9.17) is 19.9 Å². The van der Waals surface area contributed by atoms with Gasteiger partial charge in [0.25, 0.3) is 0 Å². The second-order valence-electron chi connectivity index (χ2n) is 14.3. The minimum atomic E-state index is -3.70. The van der Waals surface area contributed by atoms with Crippen LogP contribution >= 0.6 is 0 Å². The number of fused-ring (bicyclic) bond motifs is 6. The maximum absolute atomic E-state index is 5.65. The average Bonchev–Trinajstić information content (AvgIpc) is 3.81. The van der Waals surface area contributed by atoms with Gasteiger partial charge in [0.15, 0.2) is 0 Å². The average molecular weight is 791 g/mol. The number of benzene rings is 7. The van der Waals surface area contributed by atoms with Crippen LogP contribution in [0.2, 0.25) is 0 Å². The van der Waals surface area contributed by atoms with E-state index in [1.807, 2.05) is 6.07 Å². The molecule has 0 saturated carbocycles. The van der Waals surface area contributed by atoms with Crippen LogP contribution in [0.3, 0.4) is 0 Å². The van der Waals surface area contributed by atoms with E-state index in [0.717, 1.165) is 48.1 Å². The molecular formula is C50H34GeN6. The number of rotatable bonds is 7. The van der Waals surface area contributed by atoms with Crippen LogP contribution in [-0.4, -0.2) is 42.3 Å². The van der Waals surface area contributed by atoms with Crippen molar-refractivity contribution in [1.29, 1.82) is 0 Å². The molecule has 0 N–H and O–H groups in total. The summed E-state index contributed by atoms with van der Waals surface area (Å²) < 4.78 is 9.27. The third-order valence-electron chi connectivity index (χ3n) is 11.2. The monoisotopic (exact) mass is 792 g/mol. The van der Waals surface area contributed by atoms with E-state index in [2.05, 4.69) is 209 Å². The van der Waals surface area contributed by atoms with Crippen molar-refractivity contribution in [1.82, 2.24) is 29.1 Å². The van der Waals surface area contributed by atoms with Crippen LogP contribution in [-0.2, 0) is 0 Å². The van der Waals surface area contributed by atoms with E-state index in [0.29, 0.717) is 23.4 Å². The second-order valence-corrected chi connectivity index (χ2v) is 22.1. The van der Waals surface area contributed by atoms with Crippen molar-refractivity contribution in [3.05, 3.63) is 206 Å². The van der Waals surface area contributed by atoms with Crippen LogP contribution in [0.5, 0.6) is 0 Å². The van der Waals surface area contributed by atoms with Gasteiger partial charge in [-0.2, -0.15) is 0 Å². The SMILES string of the molecule is c1cc[c]([Ge]([c]2ccccc2)([c]2ccccc2)[c]2cccc(-c3nc(-n4c5ccccc5c5ccccc54)nc(-n4c5ccccc5c5ccccc54)n3)n2)cc1. The summed E-state index contributed by atoms with van der Waals surface area (Å²) in [5.41, 5.74) is 4.79. The van der Waals surface area contributed by atoms with Crippen LogP contribution in [0.4, 0.5) is 0 Å². The fourth-order valence-electron chi connectivity index (χ4n) is 8.72. The number of hydrogen-bond acceptors (Lipinski definition) is 4. The molecule has 11 rings (SSSR count). The predicted molar refractivity (Wildman–Crippen MR) is 235 cm³/mol. The van der Waals surface area contributed by atoms with Gasteiger partial charge in [-0.3, -0.25) is 0 Å². The molecule has 0 aliphatic heterocycles. The van der Waals surface area contributed by atoms with E-state index in [1.54, 1.807) is 0 Å². The first-order valence-corrected chi connectivity index (χ1v) is 23.4. The number of hydrogen-bond donors (Lipinski definition) is 0. The van der Waals surface area contributed by atoms with Crippen LogP contribution in [0.1, 0.15) is 0 Å². The molecule has 0 unspecified atom stereocenters. The Morgan fingerprint density at radius 2 is 0.649 bits per heavy atom. The first-order chi connectivity index (χ1) is 28.3. The minimum absolute atomic E-state index is 0.506. The molecule has 7 aromatic carbocycles. The molecule has 7 heteroatoms. The molecule has 4 heterocycles. The first kappa shape index (κ1) is 33.2. The van der Waals surface area contributed by atoms with Crippen molar-refractivity contribution in [2.24, 2.45) is 0 Å². The number of pyridine rings is 1. The fraction of sp³-hybridized carbons (Fsp3) is 0. The van der Waals surface area contributed by atoms with Crippen molar-refractivity contribution in [3.8, 4) is 23.4 Å². The number of para-hydroxylation sites is 4. The standard InChI is InChI=1S/C50H34GeN6/c1-4-19-35(20-5-1)51(36-21-6-2-7-22-36,37-23-8-3-9-24-37)47-34-18-29-42(52-47)48-53-49(56-43-30-14-10-25-38(43)39-26-11-15-31-44(39)56)55-50(54-48)57-45-32-16-12-27-40(45)41-28-13-17-33-46(41)57/h1-34H. The summed E-state index contributed by atoms with van der Waals surface area (Å²) in [7, 11) is 0. The Labute approximate surface area is 331 Å². The van der Waals surface area contributed by atoms with Gasteiger partial charge in [-0.25, -0.2) is 0 Å². The van der Waals surface area contributed by atoms with Gasteiger partial charge in [0, 0.05) is 0 Å². The molecule has 4 aromatic heterocycles. The molecule has 0 spiro atoms. The van der Waals surface area contributed by atoms with Gasteiger partial charge >= 0.3 is 333 Å². The van der Waals surface area contributed by atoms with Gasteiger partial charge in [0.05, 0.1) is 0 Å². The Kier molecular flexibility index (Phi) is 7.89. The van der Waals surface area contributed by atoms with Crippen LogP contribution in [0.25, 0.3) is 67.0 Å². The van der Waals surface area contributed by atoms with Gasteiger partial charge in [0.1, 0.15) is 0 Å².